The highest BCUT2D eigenvalue weighted by molar-refractivity contribution is 5.88. The van der Waals surface area contributed by atoms with Crippen LogP contribution in [-0.2, 0) is 34.0 Å². The van der Waals surface area contributed by atoms with Crippen molar-refractivity contribution in [2.45, 2.75) is 38.3 Å². The van der Waals surface area contributed by atoms with E-state index >= 15 is 0 Å². The molecule has 5 aromatic carbocycles. The largest absolute Gasteiger partial charge is 0.513 e. The number of rotatable bonds is 15. The first-order chi connectivity index (χ1) is 25.0. The van der Waals surface area contributed by atoms with Crippen LogP contribution in [0.3, 0.4) is 0 Å². The van der Waals surface area contributed by atoms with Crippen molar-refractivity contribution in [3.05, 3.63) is 131 Å². The van der Waals surface area contributed by atoms with Crippen LogP contribution in [0.4, 0.5) is 4.79 Å². The lowest BCUT2D eigenvalue weighted by Gasteiger charge is -2.38. The van der Waals surface area contributed by atoms with Crippen LogP contribution < -0.4 is 14.8 Å². The number of hydrogen-bond donors (Lipinski definition) is 4. The second-order valence-corrected chi connectivity index (χ2v) is 12.5. The highest BCUT2D eigenvalue weighted by Gasteiger charge is 2.36. The lowest BCUT2D eigenvalue weighted by molar-refractivity contribution is -0.0198. The fourth-order valence-electron chi connectivity index (χ4n) is 6.33. The molecule has 1 fully saturated rings. The quantitative estimate of drug-likeness (QED) is 0.0525. The summed E-state index contributed by atoms with van der Waals surface area (Å²) in [7, 11) is 0. The van der Waals surface area contributed by atoms with Gasteiger partial charge in [0.05, 0.1) is 45.7 Å². The van der Waals surface area contributed by atoms with E-state index in [1.807, 2.05) is 66.7 Å². The van der Waals surface area contributed by atoms with Gasteiger partial charge in [-0.2, -0.15) is 0 Å². The average molecular weight is 694 g/mol. The summed E-state index contributed by atoms with van der Waals surface area (Å²) in [6.07, 6.45) is -0.394. The fourth-order valence-corrected chi connectivity index (χ4v) is 6.33. The molecule has 0 aliphatic carbocycles. The highest BCUT2D eigenvalue weighted by atomic mass is 16.7. The lowest BCUT2D eigenvalue weighted by Crippen LogP contribution is -2.48. The molecule has 3 unspecified atom stereocenters. The number of hydrogen-bond acceptors (Lipinski definition) is 10. The molecule has 10 heteroatoms. The maximum atomic E-state index is 12.7. The zero-order valence-corrected chi connectivity index (χ0v) is 28.3. The summed E-state index contributed by atoms with van der Waals surface area (Å²) in [6, 6.07) is 33.0. The Balaban J connectivity index is 1.09. The highest BCUT2D eigenvalue weighted by Crippen LogP contribution is 2.35. The number of aliphatic hydroxyl groups excluding tert-OH is 1. The SMILES string of the molecule is O=C(OCC1CNCC(OCc2cc(O)c3ccccc3c2)C1c1ccc(OCCCOCc2ccccc2O)cc1)Oc1ccc(CO)cc1. The molecule has 0 saturated carbocycles. The third-order valence-electron chi connectivity index (χ3n) is 8.96. The summed E-state index contributed by atoms with van der Waals surface area (Å²) in [5.41, 5.74) is 3.33. The average Bonchev–Trinajstić information content (AvgIpc) is 3.16. The minimum absolute atomic E-state index is 0.0981. The standard InChI is InChI=1S/C41H43NO9/c43-24-28-10-14-35(15-11-28)51-41(46)50-27-33-22-42-23-39(49-25-29-20-31-6-1-3-8-36(31)38(45)21-29)40(33)30-12-16-34(17-13-30)48-19-5-18-47-26-32-7-2-4-9-37(32)44/h1-4,6-17,20-21,33,39-40,42-45H,5,18-19,22-27H2. The van der Waals surface area contributed by atoms with Crippen molar-refractivity contribution >= 4 is 16.9 Å². The van der Waals surface area contributed by atoms with Crippen LogP contribution in [0.2, 0.25) is 0 Å². The predicted molar refractivity (Wildman–Crippen MR) is 192 cm³/mol. The van der Waals surface area contributed by atoms with Crippen molar-refractivity contribution in [2.24, 2.45) is 5.92 Å². The van der Waals surface area contributed by atoms with E-state index in [9.17, 15) is 20.1 Å². The Morgan fingerprint density at radius 3 is 2.33 bits per heavy atom. The molecule has 1 saturated heterocycles. The Kier molecular flexibility index (Phi) is 12.4. The zero-order chi connectivity index (χ0) is 35.4. The first kappa shape index (κ1) is 35.7. The Hall–Kier alpha value is -5.13. The fraction of sp³-hybridized carbons (Fsp3) is 0.293. The molecular weight excluding hydrogens is 650 g/mol. The molecule has 0 aromatic heterocycles. The van der Waals surface area contributed by atoms with Crippen molar-refractivity contribution < 1.29 is 43.8 Å². The Bertz CT molecular complexity index is 1860. The van der Waals surface area contributed by atoms with E-state index < -0.39 is 6.16 Å². The molecule has 266 valence electrons. The zero-order valence-electron chi connectivity index (χ0n) is 28.3. The number of fused-ring (bicyclic) bond motifs is 1. The van der Waals surface area contributed by atoms with E-state index in [0.29, 0.717) is 50.6 Å². The van der Waals surface area contributed by atoms with E-state index in [2.05, 4.69) is 5.32 Å². The number of ether oxygens (including phenoxy) is 5. The van der Waals surface area contributed by atoms with Gasteiger partial charge >= 0.3 is 6.16 Å². The molecule has 10 nitrogen and oxygen atoms in total. The van der Waals surface area contributed by atoms with E-state index in [1.165, 1.54) is 0 Å². The second kappa shape index (κ2) is 17.7. The van der Waals surface area contributed by atoms with Crippen molar-refractivity contribution in [3.63, 3.8) is 0 Å². The summed E-state index contributed by atoms with van der Waals surface area (Å²) in [5.74, 6) is 1.22. The minimum Gasteiger partial charge on any atom is -0.508 e. The normalized spacial score (nSPS) is 17.2. The summed E-state index contributed by atoms with van der Waals surface area (Å²) in [6.45, 7) is 2.76. The van der Waals surface area contributed by atoms with Crippen molar-refractivity contribution in [2.75, 3.05) is 32.9 Å². The molecule has 6 rings (SSSR count). The molecule has 0 bridgehead atoms. The molecule has 0 radical (unpaired) electrons. The van der Waals surface area contributed by atoms with Gasteiger partial charge in [0.2, 0.25) is 0 Å². The van der Waals surface area contributed by atoms with Crippen LogP contribution in [0, 0.1) is 5.92 Å². The number of nitrogens with one attached hydrogen (secondary N) is 1. The molecule has 1 heterocycles. The number of piperidine rings is 1. The van der Waals surface area contributed by atoms with Gasteiger partial charge in [0.25, 0.3) is 0 Å². The summed E-state index contributed by atoms with van der Waals surface area (Å²) in [5, 5.41) is 35.0. The Morgan fingerprint density at radius 2 is 1.53 bits per heavy atom. The van der Waals surface area contributed by atoms with Gasteiger partial charge < -0.3 is 44.3 Å². The number of carbonyl (C=O) groups is 1. The van der Waals surface area contributed by atoms with Gasteiger partial charge in [-0.25, -0.2) is 4.79 Å². The lowest BCUT2D eigenvalue weighted by atomic mass is 9.79. The minimum atomic E-state index is -0.812. The molecule has 1 aliphatic rings. The van der Waals surface area contributed by atoms with Gasteiger partial charge in [0.15, 0.2) is 0 Å². The second-order valence-electron chi connectivity index (χ2n) is 12.5. The number of carbonyl (C=O) groups excluding carboxylic acids is 1. The van der Waals surface area contributed by atoms with Gasteiger partial charge in [0, 0.05) is 42.3 Å². The smallest absolute Gasteiger partial charge is 0.508 e. The number of phenolic OH excluding ortho intramolecular Hbond substituents is 2. The number of benzene rings is 5. The first-order valence-electron chi connectivity index (χ1n) is 17.1. The summed E-state index contributed by atoms with van der Waals surface area (Å²) < 4.78 is 29.2. The maximum Gasteiger partial charge on any atom is 0.513 e. The van der Waals surface area contributed by atoms with Gasteiger partial charge in [-0.1, -0.05) is 66.7 Å². The number of aromatic hydroxyl groups is 2. The third-order valence-corrected chi connectivity index (χ3v) is 8.96. The van der Waals surface area contributed by atoms with E-state index in [0.717, 1.165) is 33.2 Å². The van der Waals surface area contributed by atoms with Gasteiger partial charge in [-0.05, 0) is 64.5 Å². The molecule has 4 N–H and O–H groups in total. The third kappa shape index (κ3) is 9.77. The van der Waals surface area contributed by atoms with E-state index in [-0.39, 0.29) is 49.3 Å². The number of para-hydroxylation sites is 1. The van der Waals surface area contributed by atoms with Crippen LogP contribution in [0.25, 0.3) is 10.8 Å². The Morgan fingerprint density at radius 1 is 0.765 bits per heavy atom. The molecule has 0 amide bonds. The molecule has 5 aromatic rings. The van der Waals surface area contributed by atoms with Crippen LogP contribution in [-0.4, -0.2) is 60.5 Å². The van der Waals surface area contributed by atoms with E-state index in [1.54, 1.807) is 42.5 Å². The monoisotopic (exact) mass is 693 g/mol. The van der Waals surface area contributed by atoms with Crippen molar-refractivity contribution in [1.82, 2.24) is 5.32 Å². The van der Waals surface area contributed by atoms with Gasteiger partial charge in [0.1, 0.15) is 23.0 Å². The summed E-state index contributed by atoms with van der Waals surface area (Å²) in [4.78, 5) is 12.7. The van der Waals surface area contributed by atoms with Gasteiger partial charge in [-0.15, -0.1) is 0 Å². The van der Waals surface area contributed by atoms with Crippen LogP contribution in [0.5, 0.6) is 23.0 Å². The van der Waals surface area contributed by atoms with Crippen molar-refractivity contribution in [1.29, 1.82) is 0 Å². The molecule has 3 atom stereocenters. The molecular formula is C41H43NO9. The number of phenols is 2. The molecule has 1 aliphatic heterocycles. The number of aliphatic hydroxyl groups is 1. The van der Waals surface area contributed by atoms with Crippen LogP contribution in [0.15, 0.2) is 109 Å². The molecule has 51 heavy (non-hydrogen) atoms. The van der Waals surface area contributed by atoms with E-state index in [4.69, 9.17) is 23.7 Å². The van der Waals surface area contributed by atoms with Crippen LogP contribution in [0.1, 0.15) is 34.6 Å². The molecule has 0 spiro atoms. The predicted octanol–water partition coefficient (Wildman–Crippen LogP) is 6.83. The van der Waals surface area contributed by atoms with Gasteiger partial charge in [-0.3, -0.25) is 0 Å². The maximum absolute atomic E-state index is 12.7. The summed E-state index contributed by atoms with van der Waals surface area (Å²) >= 11 is 0. The topological polar surface area (TPSA) is 136 Å². The van der Waals surface area contributed by atoms with Crippen LogP contribution >= 0.6 is 0 Å². The Labute approximate surface area is 297 Å². The first-order valence-corrected chi connectivity index (χ1v) is 17.1. The van der Waals surface area contributed by atoms with Crippen molar-refractivity contribution in [3.8, 4) is 23.0 Å².